The lowest BCUT2D eigenvalue weighted by Crippen LogP contribution is -2.20. The van der Waals surface area contributed by atoms with Crippen LogP contribution in [0.25, 0.3) is 0 Å². The zero-order chi connectivity index (χ0) is 10.4. The Morgan fingerprint density at radius 2 is 2.50 bits per heavy atom. The van der Waals surface area contributed by atoms with Gasteiger partial charge in [-0.1, -0.05) is 5.16 Å². The van der Waals surface area contributed by atoms with Crippen molar-refractivity contribution >= 4 is 11.7 Å². The molecule has 0 bridgehead atoms. The number of rotatable bonds is 3. The third kappa shape index (κ3) is 2.25. The number of ether oxygens (including phenoxy) is 1. The summed E-state index contributed by atoms with van der Waals surface area (Å²) in [5.74, 6) is -0.726. The Hall–Kier alpha value is -1.98. The topological polar surface area (TPSA) is 84.7 Å². The summed E-state index contributed by atoms with van der Waals surface area (Å²) >= 11 is 0. The molecule has 0 aromatic carbocycles. The molecule has 6 nitrogen and oxygen atoms in total. The second-order valence-corrected chi connectivity index (χ2v) is 2.28. The molecule has 0 aliphatic carbocycles. The minimum absolute atomic E-state index is 0.174. The van der Waals surface area contributed by atoms with Gasteiger partial charge in [0, 0.05) is 6.20 Å². The quantitative estimate of drug-likeness (QED) is 0.322. The fraction of sp³-hybridized carbons (Fsp3) is 0.250. The standard InChI is InChI=1S/C8H9N3O3/c1-2-14-8(12)7(11-13)6-4-3-5-9-10-6/h3-5,13H,2H2,1H3/b11-7-. The maximum atomic E-state index is 11.2. The third-order valence-electron chi connectivity index (χ3n) is 1.38. The van der Waals surface area contributed by atoms with Crippen LogP contribution in [0.2, 0.25) is 0 Å². The van der Waals surface area contributed by atoms with Gasteiger partial charge in [0.2, 0.25) is 5.71 Å². The number of aromatic nitrogens is 2. The molecular formula is C8H9N3O3. The van der Waals surface area contributed by atoms with Crippen molar-refractivity contribution < 1.29 is 14.7 Å². The maximum Gasteiger partial charge on any atom is 0.362 e. The van der Waals surface area contributed by atoms with Crippen molar-refractivity contribution in [3.05, 3.63) is 24.0 Å². The largest absolute Gasteiger partial charge is 0.461 e. The summed E-state index contributed by atoms with van der Waals surface area (Å²) in [7, 11) is 0. The molecule has 74 valence electrons. The van der Waals surface area contributed by atoms with Crippen LogP contribution in [0.15, 0.2) is 23.5 Å². The average molecular weight is 195 g/mol. The number of hydrogen-bond acceptors (Lipinski definition) is 6. The van der Waals surface area contributed by atoms with Crippen LogP contribution in [-0.4, -0.2) is 33.7 Å². The van der Waals surface area contributed by atoms with Gasteiger partial charge in [0.05, 0.1) is 6.61 Å². The van der Waals surface area contributed by atoms with Gasteiger partial charge in [-0.2, -0.15) is 5.10 Å². The normalized spacial score (nSPS) is 11.1. The first-order valence-corrected chi connectivity index (χ1v) is 3.96. The van der Waals surface area contributed by atoms with Gasteiger partial charge in [0.1, 0.15) is 5.69 Å². The van der Waals surface area contributed by atoms with E-state index in [1.54, 1.807) is 13.0 Å². The summed E-state index contributed by atoms with van der Waals surface area (Å²) in [6, 6.07) is 3.08. The molecule has 0 spiro atoms. The molecular weight excluding hydrogens is 186 g/mol. The molecule has 0 amide bonds. The molecule has 0 radical (unpaired) electrons. The molecule has 1 heterocycles. The van der Waals surface area contributed by atoms with Crippen molar-refractivity contribution in [3.63, 3.8) is 0 Å². The molecule has 0 atom stereocenters. The van der Waals surface area contributed by atoms with E-state index >= 15 is 0 Å². The van der Waals surface area contributed by atoms with E-state index in [0.29, 0.717) is 0 Å². The van der Waals surface area contributed by atoms with E-state index in [4.69, 9.17) is 5.21 Å². The Kier molecular flexibility index (Phi) is 3.54. The number of esters is 1. The summed E-state index contributed by atoms with van der Waals surface area (Å²) in [5.41, 5.74) is -0.0756. The van der Waals surface area contributed by atoms with Crippen molar-refractivity contribution in [2.45, 2.75) is 6.92 Å². The smallest absolute Gasteiger partial charge is 0.362 e. The molecule has 1 aromatic rings. The number of nitrogens with zero attached hydrogens (tertiary/aromatic N) is 3. The maximum absolute atomic E-state index is 11.2. The fourth-order valence-corrected chi connectivity index (χ4v) is 0.824. The van der Waals surface area contributed by atoms with Crippen LogP contribution in [0.3, 0.4) is 0 Å². The monoisotopic (exact) mass is 195 g/mol. The number of carbonyl (C=O) groups excluding carboxylic acids is 1. The van der Waals surface area contributed by atoms with Gasteiger partial charge in [-0.3, -0.25) is 0 Å². The van der Waals surface area contributed by atoms with Gasteiger partial charge in [0.25, 0.3) is 0 Å². The predicted octanol–water partition coefficient (Wildman–Crippen LogP) is 0.218. The zero-order valence-electron chi connectivity index (χ0n) is 7.54. The lowest BCUT2D eigenvalue weighted by Gasteiger charge is -2.01. The predicted molar refractivity (Wildman–Crippen MR) is 47.0 cm³/mol. The van der Waals surface area contributed by atoms with E-state index in [1.807, 2.05) is 0 Å². The first-order chi connectivity index (χ1) is 6.79. The highest BCUT2D eigenvalue weighted by molar-refractivity contribution is 6.42. The minimum Gasteiger partial charge on any atom is -0.461 e. The molecule has 1 rings (SSSR count). The van der Waals surface area contributed by atoms with Crippen molar-refractivity contribution in [2.24, 2.45) is 5.16 Å². The molecule has 0 saturated carbocycles. The van der Waals surface area contributed by atoms with Crippen molar-refractivity contribution in [1.29, 1.82) is 0 Å². The van der Waals surface area contributed by atoms with Gasteiger partial charge in [-0.05, 0) is 19.1 Å². The Labute approximate surface area is 80.2 Å². The van der Waals surface area contributed by atoms with Crippen molar-refractivity contribution in [2.75, 3.05) is 6.61 Å². The zero-order valence-corrected chi connectivity index (χ0v) is 7.54. The summed E-state index contributed by atoms with van der Waals surface area (Å²) < 4.78 is 4.65. The van der Waals surface area contributed by atoms with E-state index < -0.39 is 5.97 Å². The second kappa shape index (κ2) is 4.90. The Morgan fingerprint density at radius 1 is 1.71 bits per heavy atom. The van der Waals surface area contributed by atoms with Crippen LogP contribution in [0.5, 0.6) is 0 Å². The molecule has 0 unspecified atom stereocenters. The minimum atomic E-state index is -0.726. The van der Waals surface area contributed by atoms with E-state index in [2.05, 4.69) is 20.1 Å². The average Bonchev–Trinajstić information content (AvgIpc) is 2.21. The fourth-order valence-electron chi connectivity index (χ4n) is 0.824. The van der Waals surface area contributed by atoms with Crippen molar-refractivity contribution in [3.8, 4) is 0 Å². The van der Waals surface area contributed by atoms with Gasteiger partial charge < -0.3 is 9.94 Å². The summed E-state index contributed by atoms with van der Waals surface area (Å²) in [6.07, 6.45) is 1.45. The van der Waals surface area contributed by atoms with E-state index in [0.717, 1.165) is 0 Å². The molecule has 0 fully saturated rings. The highest BCUT2D eigenvalue weighted by Gasteiger charge is 2.17. The number of carbonyl (C=O) groups is 1. The Bertz CT molecular complexity index is 337. The lowest BCUT2D eigenvalue weighted by atomic mass is 10.2. The molecule has 6 heteroatoms. The Balaban J connectivity index is 2.89. The van der Waals surface area contributed by atoms with Crippen LogP contribution in [-0.2, 0) is 9.53 Å². The first kappa shape index (κ1) is 10.1. The number of hydrogen-bond donors (Lipinski definition) is 1. The van der Waals surface area contributed by atoms with Crippen LogP contribution in [0, 0.1) is 0 Å². The second-order valence-electron chi connectivity index (χ2n) is 2.28. The lowest BCUT2D eigenvalue weighted by molar-refractivity contribution is -0.135. The summed E-state index contributed by atoms with van der Waals surface area (Å²) in [4.78, 5) is 11.2. The highest BCUT2D eigenvalue weighted by atomic mass is 16.5. The van der Waals surface area contributed by atoms with E-state index in [-0.39, 0.29) is 18.0 Å². The van der Waals surface area contributed by atoms with Gasteiger partial charge in [-0.25, -0.2) is 4.79 Å². The molecule has 0 saturated heterocycles. The summed E-state index contributed by atoms with van der Waals surface area (Å²) in [5, 5.41) is 18.6. The third-order valence-corrected chi connectivity index (χ3v) is 1.38. The van der Waals surface area contributed by atoms with Crippen molar-refractivity contribution in [1.82, 2.24) is 10.2 Å². The van der Waals surface area contributed by atoms with Gasteiger partial charge in [-0.15, -0.1) is 5.10 Å². The molecule has 1 N–H and O–H groups in total. The number of oxime groups is 1. The van der Waals surface area contributed by atoms with Crippen LogP contribution in [0.4, 0.5) is 0 Å². The van der Waals surface area contributed by atoms with Crippen LogP contribution < -0.4 is 0 Å². The van der Waals surface area contributed by atoms with E-state index in [9.17, 15) is 4.79 Å². The van der Waals surface area contributed by atoms with Crippen LogP contribution in [0.1, 0.15) is 12.6 Å². The SMILES string of the molecule is CCOC(=O)/C(=N\O)c1cccnn1. The van der Waals surface area contributed by atoms with Crippen LogP contribution >= 0.6 is 0 Å². The first-order valence-electron chi connectivity index (χ1n) is 3.96. The van der Waals surface area contributed by atoms with Gasteiger partial charge in [0.15, 0.2) is 0 Å². The molecule has 1 aromatic heterocycles. The van der Waals surface area contributed by atoms with Gasteiger partial charge >= 0.3 is 5.97 Å². The van der Waals surface area contributed by atoms with E-state index in [1.165, 1.54) is 12.3 Å². The molecule has 0 aliphatic rings. The Morgan fingerprint density at radius 3 is 3.00 bits per heavy atom. The molecule has 14 heavy (non-hydrogen) atoms. The molecule has 0 aliphatic heterocycles. The highest BCUT2D eigenvalue weighted by Crippen LogP contribution is 1.97. The summed E-state index contributed by atoms with van der Waals surface area (Å²) in [6.45, 7) is 1.86.